The van der Waals surface area contributed by atoms with Crippen LogP contribution in [-0.4, -0.2) is 21.6 Å². The molecule has 114 valence electrons. The lowest BCUT2D eigenvalue weighted by molar-refractivity contribution is 0.414. The van der Waals surface area contributed by atoms with Gasteiger partial charge >= 0.3 is 0 Å². The lowest BCUT2D eigenvalue weighted by atomic mass is 10.2. The summed E-state index contributed by atoms with van der Waals surface area (Å²) in [5, 5.41) is 0.249. The molecule has 21 heavy (non-hydrogen) atoms. The SMILES string of the molecule is COc1ccc(S(=O)(=O)NC(C)Cc2ccco2)cc1Cl. The Hall–Kier alpha value is -1.50. The Kier molecular flexibility index (Phi) is 4.92. The first-order chi connectivity index (χ1) is 9.92. The number of hydrogen-bond acceptors (Lipinski definition) is 4. The lowest BCUT2D eigenvalue weighted by Crippen LogP contribution is -2.34. The number of methoxy groups -OCH3 is 1. The number of nitrogens with one attached hydrogen (secondary N) is 1. The van der Waals surface area contributed by atoms with Crippen molar-refractivity contribution in [3.8, 4) is 5.75 Å². The topological polar surface area (TPSA) is 68.5 Å². The summed E-state index contributed by atoms with van der Waals surface area (Å²) >= 11 is 5.96. The van der Waals surface area contributed by atoms with E-state index in [0.29, 0.717) is 12.2 Å². The van der Waals surface area contributed by atoms with E-state index in [9.17, 15) is 8.42 Å². The van der Waals surface area contributed by atoms with Crippen LogP contribution < -0.4 is 9.46 Å². The molecule has 0 saturated heterocycles. The predicted octanol–water partition coefficient (Wildman–Crippen LogP) is 2.85. The van der Waals surface area contributed by atoms with Gasteiger partial charge in [0.15, 0.2) is 0 Å². The highest BCUT2D eigenvalue weighted by Crippen LogP contribution is 2.27. The van der Waals surface area contributed by atoms with Gasteiger partial charge in [0.1, 0.15) is 11.5 Å². The maximum absolute atomic E-state index is 12.3. The van der Waals surface area contributed by atoms with E-state index >= 15 is 0 Å². The quantitative estimate of drug-likeness (QED) is 0.884. The Bertz CT molecular complexity index is 698. The lowest BCUT2D eigenvalue weighted by Gasteiger charge is -2.14. The van der Waals surface area contributed by atoms with Gasteiger partial charge in [0.25, 0.3) is 0 Å². The number of benzene rings is 1. The molecule has 5 nitrogen and oxygen atoms in total. The fourth-order valence-corrected chi connectivity index (χ4v) is 3.51. The van der Waals surface area contributed by atoms with Gasteiger partial charge in [-0.1, -0.05) is 11.6 Å². The zero-order valence-corrected chi connectivity index (χ0v) is 13.2. The summed E-state index contributed by atoms with van der Waals surface area (Å²) in [7, 11) is -2.17. The molecule has 1 aromatic carbocycles. The minimum Gasteiger partial charge on any atom is -0.495 e. The molecular formula is C14H16ClNO4S. The van der Waals surface area contributed by atoms with Crippen molar-refractivity contribution in [2.45, 2.75) is 24.3 Å². The fourth-order valence-electron chi connectivity index (χ4n) is 1.92. The van der Waals surface area contributed by atoms with Crippen LogP contribution in [0.5, 0.6) is 5.75 Å². The Morgan fingerprint density at radius 2 is 2.14 bits per heavy atom. The molecular weight excluding hydrogens is 314 g/mol. The van der Waals surface area contributed by atoms with Crippen molar-refractivity contribution < 1.29 is 17.6 Å². The monoisotopic (exact) mass is 329 g/mol. The minimum absolute atomic E-state index is 0.0968. The third kappa shape index (κ3) is 4.00. The van der Waals surface area contributed by atoms with Gasteiger partial charge in [-0.3, -0.25) is 0 Å². The first kappa shape index (κ1) is 15.9. The average molecular weight is 330 g/mol. The van der Waals surface area contributed by atoms with E-state index in [4.69, 9.17) is 20.8 Å². The van der Waals surface area contributed by atoms with Crippen LogP contribution in [0.4, 0.5) is 0 Å². The molecule has 0 aliphatic heterocycles. The summed E-state index contributed by atoms with van der Waals surface area (Å²) in [5.41, 5.74) is 0. The average Bonchev–Trinajstić information content (AvgIpc) is 2.90. The first-order valence-corrected chi connectivity index (χ1v) is 8.17. The summed E-state index contributed by atoms with van der Waals surface area (Å²) in [6.07, 6.45) is 2.02. The predicted molar refractivity (Wildman–Crippen MR) is 80.2 cm³/mol. The number of hydrogen-bond donors (Lipinski definition) is 1. The molecule has 1 unspecified atom stereocenters. The number of ether oxygens (including phenoxy) is 1. The summed E-state index contributed by atoms with van der Waals surface area (Å²) in [5.74, 6) is 1.15. The van der Waals surface area contributed by atoms with Crippen molar-refractivity contribution in [3.05, 3.63) is 47.4 Å². The van der Waals surface area contributed by atoms with Gasteiger partial charge < -0.3 is 9.15 Å². The van der Waals surface area contributed by atoms with Crippen LogP contribution in [0.25, 0.3) is 0 Å². The van der Waals surface area contributed by atoms with Gasteiger partial charge in [-0.05, 0) is 37.3 Å². The third-order valence-electron chi connectivity index (χ3n) is 2.88. The van der Waals surface area contributed by atoms with Gasteiger partial charge in [-0.2, -0.15) is 0 Å². The van der Waals surface area contributed by atoms with E-state index in [2.05, 4.69) is 4.72 Å². The van der Waals surface area contributed by atoms with Gasteiger partial charge in [0.2, 0.25) is 10.0 Å². The molecule has 0 amide bonds. The van der Waals surface area contributed by atoms with Crippen LogP contribution in [0.1, 0.15) is 12.7 Å². The van der Waals surface area contributed by atoms with E-state index in [-0.39, 0.29) is 16.0 Å². The van der Waals surface area contributed by atoms with E-state index in [1.54, 1.807) is 25.3 Å². The Labute approximate surface area is 128 Å². The third-order valence-corrected chi connectivity index (χ3v) is 4.76. The van der Waals surface area contributed by atoms with Crippen LogP contribution in [0, 0.1) is 0 Å². The molecule has 0 spiro atoms. The number of sulfonamides is 1. The largest absolute Gasteiger partial charge is 0.495 e. The normalized spacial score (nSPS) is 13.1. The van der Waals surface area contributed by atoms with Crippen molar-refractivity contribution in [2.24, 2.45) is 0 Å². The van der Waals surface area contributed by atoms with E-state index in [1.165, 1.54) is 25.3 Å². The second-order valence-corrected chi connectivity index (χ2v) is 6.72. The number of halogens is 1. The zero-order chi connectivity index (χ0) is 15.5. The van der Waals surface area contributed by atoms with Crippen molar-refractivity contribution in [1.82, 2.24) is 4.72 Å². The zero-order valence-electron chi connectivity index (χ0n) is 11.7. The molecule has 0 saturated carbocycles. The molecule has 1 heterocycles. The maximum Gasteiger partial charge on any atom is 0.240 e. The fraction of sp³-hybridized carbons (Fsp3) is 0.286. The van der Waals surface area contributed by atoms with Gasteiger partial charge in [0, 0.05) is 12.5 Å². The molecule has 0 fully saturated rings. The molecule has 0 radical (unpaired) electrons. The second kappa shape index (κ2) is 6.51. The molecule has 1 N–H and O–H groups in total. The van der Waals surface area contributed by atoms with E-state index < -0.39 is 10.0 Å². The van der Waals surface area contributed by atoms with Gasteiger partial charge in [-0.25, -0.2) is 13.1 Å². The molecule has 7 heteroatoms. The Morgan fingerprint density at radius 1 is 1.38 bits per heavy atom. The van der Waals surface area contributed by atoms with Crippen LogP contribution in [0.2, 0.25) is 5.02 Å². The van der Waals surface area contributed by atoms with Crippen LogP contribution in [0.15, 0.2) is 45.9 Å². The summed E-state index contributed by atoms with van der Waals surface area (Å²) < 4.78 is 37.4. The summed E-state index contributed by atoms with van der Waals surface area (Å²) in [6.45, 7) is 1.77. The van der Waals surface area contributed by atoms with Crippen molar-refractivity contribution in [1.29, 1.82) is 0 Å². The highest BCUT2D eigenvalue weighted by Gasteiger charge is 2.19. The van der Waals surface area contributed by atoms with Crippen LogP contribution in [0.3, 0.4) is 0 Å². The molecule has 1 atom stereocenters. The molecule has 2 aromatic rings. The van der Waals surface area contributed by atoms with Crippen LogP contribution in [-0.2, 0) is 16.4 Å². The van der Waals surface area contributed by atoms with Gasteiger partial charge in [-0.15, -0.1) is 0 Å². The maximum atomic E-state index is 12.3. The number of rotatable bonds is 6. The molecule has 1 aromatic heterocycles. The van der Waals surface area contributed by atoms with Crippen molar-refractivity contribution >= 4 is 21.6 Å². The molecule has 0 bridgehead atoms. The Balaban J connectivity index is 2.12. The molecule has 2 rings (SSSR count). The number of furan rings is 1. The summed E-state index contributed by atoms with van der Waals surface area (Å²) in [6, 6.07) is 7.60. The van der Waals surface area contributed by atoms with Crippen molar-refractivity contribution in [2.75, 3.05) is 7.11 Å². The summed E-state index contributed by atoms with van der Waals surface area (Å²) in [4.78, 5) is 0.0968. The van der Waals surface area contributed by atoms with Crippen LogP contribution >= 0.6 is 11.6 Å². The molecule has 0 aliphatic rings. The second-order valence-electron chi connectivity index (χ2n) is 4.60. The van der Waals surface area contributed by atoms with E-state index in [1.807, 2.05) is 0 Å². The smallest absolute Gasteiger partial charge is 0.240 e. The van der Waals surface area contributed by atoms with E-state index in [0.717, 1.165) is 5.76 Å². The Morgan fingerprint density at radius 3 is 2.71 bits per heavy atom. The highest BCUT2D eigenvalue weighted by atomic mass is 35.5. The first-order valence-electron chi connectivity index (χ1n) is 6.30. The van der Waals surface area contributed by atoms with Crippen molar-refractivity contribution in [3.63, 3.8) is 0 Å². The minimum atomic E-state index is -3.64. The standard InChI is InChI=1S/C14H16ClNO4S/c1-10(8-11-4-3-7-20-11)16-21(17,18)12-5-6-14(19-2)13(15)9-12/h3-7,9-10,16H,8H2,1-2H3. The highest BCUT2D eigenvalue weighted by molar-refractivity contribution is 7.89. The van der Waals surface area contributed by atoms with Gasteiger partial charge in [0.05, 0.1) is 23.3 Å². The molecule has 0 aliphatic carbocycles.